The lowest BCUT2D eigenvalue weighted by molar-refractivity contribution is 0.0572. The lowest BCUT2D eigenvalue weighted by Crippen LogP contribution is -2.44. The van der Waals surface area contributed by atoms with E-state index in [1.807, 2.05) is 59.5 Å². The molecule has 1 saturated carbocycles. The van der Waals surface area contributed by atoms with Gasteiger partial charge in [0.2, 0.25) is 0 Å². The van der Waals surface area contributed by atoms with Crippen molar-refractivity contribution in [3.05, 3.63) is 93.0 Å². The van der Waals surface area contributed by atoms with Crippen LogP contribution >= 0.6 is 34.5 Å². The fraction of sp³-hybridized carbons (Fsp3) is 0.300. The third-order valence-electron chi connectivity index (χ3n) is 7.39. The van der Waals surface area contributed by atoms with Gasteiger partial charge in [-0.15, -0.1) is 11.3 Å². The molecule has 1 aliphatic rings. The van der Waals surface area contributed by atoms with Crippen LogP contribution in [-0.4, -0.2) is 41.9 Å². The Hall–Kier alpha value is -2.44. The number of fused-ring (bicyclic) bond motifs is 1. The maximum Gasteiger partial charge on any atom is 0.266 e. The molecular formula is C30H29Cl2FN2OS. The van der Waals surface area contributed by atoms with E-state index >= 15 is 4.39 Å². The zero-order chi connectivity index (χ0) is 26.1. The number of carbonyl (C=O) groups excluding carboxylic acids is 1. The summed E-state index contributed by atoms with van der Waals surface area (Å²) in [6.45, 7) is 0.188. The van der Waals surface area contributed by atoms with Gasteiger partial charge in [0.25, 0.3) is 5.91 Å². The molecule has 192 valence electrons. The minimum Gasteiger partial charge on any atom is -0.330 e. The van der Waals surface area contributed by atoms with Crippen LogP contribution in [0.15, 0.2) is 66.7 Å². The van der Waals surface area contributed by atoms with E-state index in [1.54, 1.807) is 6.07 Å². The highest BCUT2D eigenvalue weighted by molar-refractivity contribution is 7.21. The average molecular weight is 556 g/mol. The van der Waals surface area contributed by atoms with Crippen molar-refractivity contribution in [2.24, 2.45) is 0 Å². The molecular weight excluding hydrogens is 526 g/mol. The summed E-state index contributed by atoms with van der Waals surface area (Å²) in [6.07, 6.45) is 3.73. The molecule has 1 aliphatic carbocycles. The Morgan fingerprint density at radius 3 is 2.24 bits per heavy atom. The summed E-state index contributed by atoms with van der Waals surface area (Å²) in [5, 5.41) is 2.01. The van der Waals surface area contributed by atoms with Gasteiger partial charge in [0.15, 0.2) is 0 Å². The molecule has 0 atom stereocenters. The van der Waals surface area contributed by atoms with Crippen LogP contribution in [0, 0.1) is 5.82 Å². The van der Waals surface area contributed by atoms with E-state index < -0.39 is 0 Å². The maximum absolute atomic E-state index is 15.2. The molecule has 0 N–H and O–H groups in total. The highest BCUT2D eigenvalue weighted by atomic mass is 35.5. The van der Waals surface area contributed by atoms with Crippen molar-refractivity contribution in [1.29, 1.82) is 0 Å². The Bertz CT molecular complexity index is 1410. The second kappa shape index (κ2) is 11.1. The minimum atomic E-state index is -0.320. The van der Waals surface area contributed by atoms with Gasteiger partial charge in [-0.3, -0.25) is 4.79 Å². The minimum absolute atomic E-state index is 0.0172. The third kappa shape index (κ3) is 5.56. The number of amides is 1. The number of rotatable bonds is 6. The number of nitrogens with zero attached hydrogens (tertiary/aromatic N) is 2. The summed E-state index contributed by atoms with van der Waals surface area (Å²) in [7, 11) is 4.20. The molecule has 0 spiro atoms. The average Bonchev–Trinajstić information content (AvgIpc) is 3.25. The summed E-state index contributed by atoms with van der Waals surface area (Å²) in [5.41, 5.74) is 2.33. The molecule has 5 rings (SSSR count). The van der Waals surface area contributed by atoms with E-state index in [0.29, 0.717) is 26.5 Å². The zero-order valence-corrected chi connectivity index (χ0v) is 23.2. The summed E-state index contributed by atoms with van der Waals surface area (Å²) in [6, 6.07) is 20.9. The van der Waals surface area contributed by atoms with Gasteiger partial charge in [0, 0.05) is 39.3 Å². The molecule has 0 aliphatic heterocycles. The predicted molar refractivity (Wildman–Crippen MR) is 153 cm³/mol. The van der Waals surface area contributed by atoms with Gasteiger partial charge in [-0.25, -0.2) is 4.39 Å². The normalized spacial score (nSPS) is 17.9. The summed E-state index contributed by atoms with van der Waals surface area (Å²) < 4.78 is 16.1. The molecule has 1 amide bonds. The Morgan fingerprint density at radius 2 is 1.57 bits per heavy atom. The van der Waals surface area contributed by atoms with Crippen LogP contribution in [0.25, 0.3) is 21.2 Å². The van der Waals surface area contributed by atoms with Gasteiger partial charge in [-0.1, -0.05) is 59.6 Å². The van der Waals surface area contributed by atoms with Crippen molar-refractivity contribution in [3.63, 3.8) is 0 Å². The Morgan fingerprint density at radius 1 is 0.919 bits per heavy atom. The molecule has 37 heavy (non-hydrogen) atoms. The Kier molecular flexibility index (Phi) is 7.87. The first-order chi connectivity index (χ1) is 17.8. The van der Waals surface area contributed by atoms with Crippen LogP contribution in [0.3, 0.4) is 0 Å². The molecule has 1 fully saturated rings. The fourth-order valence-electron chi connectivity index (χ4n) is 5.24. The predicted octanol–water partition coefficient (Wildman–Crippen LogP) is 8.53. The van der Waals surface area contributed by atoms with Crippen molar-refractivity contribution < 1.29 is 9.18 Å². The number of hydrogen-bond acceptors (Lipinski definition) is 3. The molecule has 3 nitrogen and oxygen atoms in total. The van der Waals surface area contributed by atoms with Gasteiger partial charge in [-0.2, -0.15) is 0 Å². The number of benzene rings is 3. The van der Waals surface area contributed by atoms with E-state index in [-0.39, 0.29) is 24.3 Å². The number of halogens is 3. The van der Waals surface area contributed by atoms with Crippen LogP contribution in [0.5, 0.6) is 0 Å². The molecule has 0 unspecified atom stereocenters. The zero-order valence-electron chi connectivity index (χ0n) is 20.9. The van der Waals surface area contributed by atoms with E-state index in [4.69, 9.17) is 23.2 Å². The molecule has 3 aromatic carbocycles. The van der Waals surface area contributed by atoms with Gasteiger partial charge in [0.05, 0.1) is 5.02 Å². The lowest BCUT2D eigenvalue weighted by atomic mass is 9.89. The second-order valence-electron chi connectivity index (χ2n) is 9.91. The molecule has 0 bridgehead atoms. The SMILES string of the molecule is CN(C)C1CCC(N(Cc2cc(-c3ccc(Cl)cc3)ccc2F)C(=O)c2sc3ccccc3c2Cl)CC1. The van der Waals surface area contributed by atoms with Gasteiger partial charge in [-0.05, 0) is 81.2 Å². The van der Waals surface area contributed by atoms with Crippen LogP contribution in [-0.2, 0) is 6.54 Å². The first-order valence-corrected chi connectivity index (χ1v) is 14.1. The summed E-state index contributed by atoms with van der Waals surface area (Å²) >= 11 is 14.2. The van der Waals surface area contributed by atoms with Crippen LogP contribution in [0.1, 0.15) is 40.9 Å². The van der Waals surface area contributed by atoms with Crippen molar-refractivity contribution in [2.45, 2.75) is 44.3 Å². The molecule has 1 aromatic heterocycles. The highest BCUT2D eigenvalue weighted by Crippen LogP contribution is 2.38. The molecule has 0 saturated heterocycles. The van der Waals surface area contributed by atoms with E-state index in [9.17, 15) is 4.79 Å². The van der Waals surface area contributed by atoms with Crippen molar-refractivity contribution in [3.8, 4) is 11.1 Å². The molecule has 7 heteroatoms. The first kappa shape index (κ1) is 26.2. The van der Waals surface area contributed by atoms with E-state index in [1.165, 1.54) is 17.4 Å². The molecule has 1 heterocycles. The lowest BCUT2D eigenvalue weighted by Gasteiger charge is -2.39. The molecule has 0 radical (unpaired) electrons. The number of thiophene rings is 1. The van der Waals surface area contributed by atoms with Gasteiger partial charge >= 0.3 is 0 Å². The smallest absolute Gasteiger partial charge is 0.266 e. The van der Waals surface area contributed by atoms with Crippen LogP contribution in [0.2, 0.25) is 10.0 Å². The van der Waals surface area contributed by atoms with Crippen molar-refractivity contribution in [1.82, 2.24) is 9.80 Å². The Labute approximate surface area is 231 Å². The first-order valence-electron chi connectivity index (χ1n) is 12.5. The monoisotopic (exact) mass is 554 g/mol. The van der Waals surface area contributed by atoms with E-state index in [2.05, 4.69) is 19.0 Å². The maximum atomic E-state index is 15.2. The summed E-state index contributed by atoms with van der Waals surface area (Å²) in [4.78, 5) is 18.7. The quantitative estimate of drug-likeness (QED) is 0.238. The van der Waals surface area contributed by atoms with Gasteiger partial charge < -0.3 is 9.80 Å². The second-order valence-corrected chi connectivity index (χ2v) is 11.8. The Balaban J connectivity index is 1.50. The topological polar surface area (TPSA) is 23.6 Å². The van der Waals surface area contributed by atoms with Gasteiger partial charge in [0.1, 0.15) is 10.7 Å². The summed E-state index contributed by atoms with van der Waals surface area (Å²) in [5.74, 6) is -0.448. The van der Waals surface area contributed by atoms with E-state index in [0.717, 1.165) is 46.9 Å². The van der Waals surface area contributed by atoms with Crippen molar-refractivity contribution >= 4 is 50.5 Å². The molecule has 4 aromatic rings. The standard InChI is InChI=1S/C30H29Cl2FN2OS/c1-34(2)23-12-14-24(15-13-23)35(30(36)29-28(32)25-5-3-4-6-27(25)37-29)18-21-17-20(9-16-26(21)33)19-7-10-22(31)11-8-19/h3-11,16-17,23-24H,12-15,18H2,1-2H3. The van der Waals surface area contributed by atoms with Crippen molar-refractivity contribution in [2.75, 3.05) is 14.1 Å². The third-order valence-corrected chi connectivity index (χ3v) is 9.31. The highest BCUT2D eigenvalue weighted by Gasteiger charge is 2.32. The number of hydrogen-bond donors (Lipinski definition) is 0. The fourth-order valence-corrected chi connectivity index (χ4v) is 6.83. The van der Waals surface area contributed by atoms with Crippen LogP contribution in [0.4, 0.5) is 4.39 Å². The largest absolute Gasteiger partial charge is 0.330 e. The number of carbonyl (C=O) groups is 1. The van der Waals surface area contributed by atoms with Crippen LogP contribution < -0.4 is 0 Å².